The van der Waals surface area contributed by atoms with Gasteiger partial charge in [0.25, 0.3) is 0 Å². The van der Waals surface area contributed by atoms with Gasteiger partial charge in [0.1, 0.15) is 0 Å². The maximum atomic E-state index is 13.0. The molecule has 2 amide bonds. The molecule has 0 N–H and O–H groups in total. The first-order valence-corrected chi connectivity index (χ1v) is 7.58. The average molecular weight is 281 g/mol. The molecule has 1 aromatic rings. The summed E-state index contributed by atoms with van der Waals surface area (Å²) in [4.78, 5) is 27.4. The highest BCUT2D eigenvalue weighted by Gasteiger charge is 2.67. The number of carbonyl (C=O) groups excluding carboxylic acids is 2. The van der Waals surface area contributed by atoms with Crippen LogP contribution in [0.1, 0.15) is 24.5 Å². The Morgan fingerprint density at radius 3 is 2.67 bits per heavy atom. The summed E-state index contributed by atoms with van der Waals surface area (Å²) < 4.78 is 0. The van der Waals surface area contributed by atoms with E-state index < -0.39 is 5.41 Å². The van der Waals surface area contributed by atoms with Crippen molar-refractivity contribution in [2.24, 2.45) is 23.2 Å². The van der Waals surface area contributed by atoms with Gasteiger partial charge in [-0.2, -0.15) is 0 Å². The van der Waals surface area contributed by atoms with Crippen LogP contribution in [0.2, 0.25) is 0 Å². The van der Waals surface area contributed by atoms with Gasteiger partial charge in [0.05, 0.1) is 17.0 Å². The molecule has 0 unspecified atom stereocenters. The van der Waals surface area contributed by atoms with Crippen molar-refractivity contribution in [2.45, 2.75) is 27.2 Å². The normalized spacial score (nSPS) is 36.7. The Labute approximate surface area is 124 Å². The van der Waals surface area contributed by atoms with Gasteiger partial charge >= 0.3 is 0 Å². The van der Waals surface area contributed by atoms with Crippen molar-refractivity contribution < 1.29 is 9.59 Å². The maximum Gasteiger partial charge on any atom is 0.241 e. The molecule has 3 nitrogen and oxygen atoms in total. The molecule has 2 aliphatic carbocycles. The lowest BCUT2D eigenvalue weighted by Gasteiger charge is -2.28. The van der Waals surface area contributed by atoms with Gasteiger partial charge in [0.2, 0.25) is 11.8 Å². The smallest absolute Gasteiger partial charge is 0.241 e. The van der Waals surface area contributed by atoms with Gasteiger partial charge in [0, 0.05) is 0 Å². The summed E-state index contributed by atoms with van der Waals surface area (Å²) in [7, 11) is 0. The zero-order valence-corrected chi connectivity index (χ0v) is 12.6. The Bertz CT molecular complexity index is 705. The van der Waals surface area contributed by atoms with Crippen molar-refractivity contribution in [3.63, 3.8) is 0 Å². The Hall–Kier alpha value is -1.90. The molecular formula is C18H19NO2. The largest absolute Gasteiger partial charge is 0.274 e. The fraction of sp³-hybridized carbons (Fsp3) is 0.444. The van der Waals surface area contributed by atoms with E-state index in [-0.39, 0.29) is 29.6 Å². The molecule has 1 aromatic carbocycles. The number of nitrogens with zero attached hydrogens (tertiary/aromatic N) is 1. The fourth-order valence-electron chi connectivity index (χ4n) is 4.49. The van der Waals surface area contributed by atoms with Crippen molar-refractivity contribution in [2.75, 3.05) is 4.90 Å². The topological polar surface area (TPSA) is 37.4 Å². The third kappa shape index (κ3) is 1.39. The fourth-order valence-corrected chi connectivity index (χ4v) is 4.49. The molecule has 0 aromatic heterocycles. The van der Waals surface area contributed by atoms with E-state index in [2.05, 4.69) is 12.2 Å². The Kier molecular flexibility index (Phi) is 2.35. The maximum absolute atomic E-state index is 13.0. The number of anilines is 1. The Morgan fingerprint density at radius 2 is 1.95 bits per heavy atom. The summed E-state index contributed by atoms with van der Waals surface area (Å²) in [6.45, 7) is 5.93. The summed E-state index contributed by atoms with van der Waals surface area (Å²) in [5.74, 6) is 0.279. The molecule has 1 saturated carbocycles. The lowest BCUT2D eigenvalue weighted by Crippen LogP contribution is -2.37. The molecular weight excluding hydrogens is 262 g/mol. The molecule has 1 saturated heterocycles. The van der Waals surface area contributed by atoms with Gasteiger partial charge in [-0.3, -0.25) is 9.59 Å². The summed E-state index contributed by atoms with van der Waals surface area (Å²) in [5, 5.41) is 0. The molecule has 0 radical (unpaired) electrons. The summed E-state index contributed by atoms with van der Waals surface area (Å²) >= 11 is 0. The highest BCUT2D eigenvalue weighted by atomic mass is 16.2. The van der Waals surface area contributed by atoms with E-state index in [1.165, 1.54) is 4.90 Å². The van der Waals surface area contributed by atoms with E-state index in [1.807, 2.05) is 39.0 Å². The van der Waals surface area contributed by atoms with E-state index >= 15 is 0 Å². The number of amides is 2. The number of hydrogen-bond acceptors (Lipinski definition) is 2. The summed E-state index contributed by atoms with van der Waals surface area (Å²) in [6.07, 6.45) is 5.23. The number of hydrogen-bond donors (Lipinski definition) is 0. The van der Waals surface area contributed by atoms with Crippen LogP contribution in [-0.4, -0.2) is 11.8 Å². The quantitative estimate of drug-likeness (QED) is 0.586. The van der Waals surface area contributed by atoms with Gasteiger partial charge in [-0.05, 0) is 56.2 Å². The van der Waals surface area contributed by atoms with Crippen LogP contribution in [0.3, 0.4) is 0 Å². The third-order valence-electron chi connectivity index (χ3n) is 5.72. The zero-order chi connectivity index (χ0) is 14.9. The molecule has 3 aliphatic rings. The molecule has 1 heterocycles. The van der Waals surface area contributed by atoms with Crippen molar-refractivity contribution in [1.29, 1.82) is 0 Å². The van der Waals surface area contributed by atoms with E-state index in [1.54, 1.807) is 0 Å². The number of allylic oxidation sites excluding steroid dienone is 2. The van der Waals surface area contributed by atoms with Gasteiger partial charge in [0.15, 0.2) is 0 Å². The van der Waals surface area contributed by atoms with Crippen molar-refractivity contribution in [1.82, 2.24) is 0 Å². The second-order valence-electron chi connectivity index (χ2n) is 6.92. The van der Waals surface area contributed by atoms with Crippen molar-refractivity contribution in [3.05, 3.63) is 41.5 Å². The van der Waals surface area contributed by atoms with E-state index in [4.69, 9.17) is 0 Å². The molecule has 0 spiro atoms. The number of rotatable bonds is 1. The lowest BCUT2D eigenvalue weighted by atomic mass is 9.71. The number of imide groups is 1. The number of aryl methyl sites for hydroxylation is 2. The van der Waals surface area contributed by atoms with Gasteiger partial charge in [-0.15, -0.1) is 0 Å². The van der Waals surface area contributed by atoms with Gasteiger partial charge in [-0.25, -0.2) is 4.90 Å². The summed E-state index contributed by atoms with van der Waals surface area (Å²) in [6, 6.07) is 5.94. The number of benzene rings is 1. The molecule has 3 heteroatoms. The second-order valence-corrected chi connectivity index (χ2v) is 6.92. The SMILES string of the molecule is Cc1ccc(C)c(N2C(=O)[C@@H]3[C@H]4C=C[C@@H](C4)[C@@]3(C)C2=O)c1. The molecule has 21 heavy (non-hydrogen) atoms. The molecule has 108 valence electrons. The van der Waals surface area contributed by atoms with Crippen LogP contribution in [0.25, 0.3) is 0 Å². The molecule has 4 atom stereocenters. The Balaban J connectivity index is 1.85. The minimum atomic E-state index is -0.535. The summed E-state index contributed by atoms with van der Waals surface area (Å²) in [5.41, 5.74) is 2.28. The van der Waals surface area contributed by atoms with Gasteiger partial charge in [-0.1, -0.05) is 24.3 Å². The molecule has 2 fully saturated rings. The minimum absolute atomic E-state index is 0.00644. The highest BCUT2D eigenvalue weighted by molar-refractivity contribution is 6.24. The van der Waals surface area contributed by atoms with E-state index in [0.29, 0.717) is 0 Å². The number of carbonyl (C=O) groups is 2. The standard InChI is InChI=1S/C18H19NO2/c1-10-4-5-11(2)14(8-10)19-16(20)15-12-6-7-13(9-12)18(15,3)17(19)21/h4-8,12-13,15H,9H2,1-3H3/t12-,13-,15-,18+/m0/s1. The first-order valence-electron chi connectivity index (χ1n) is 7.58. The van der Waals surface area contributed by atoms with Gasteiger partial charge < -0.3 is 0 Å². The molecule has 2 bridgehead atoms. The van der Waals surface area contributed by atoms with Crippen LogP contribution >= 0.6 is 0 Å². The van der Waals surface area contributed by atoms with Crippen LogP contribution in [0.15, 0.2) is 30.4 Å². The first-order chi connectivity index (χ1) is 9.94. The van der Waals surface area contributed by atoms with Crippen LogP contribution in [-0.2, 0) is 9.59 Å². The van der Waals surface area contributed by atoms with Crippen LogP contribution in [0, 0.1) is 37.0 Å². The molecule has 4 rings (SSSR count). The van der Waals surface area contributed by atoms with E-state index in [9.17, 15) is 9.59 Å². The van der Waals surface area contributed by atoms with E-state index in [0.717, 1.165) is 23.2 Å². The third-order valence-corrected chi connectivity index (χ3v) is 5.72. The minimum Gasteiger partial charge on any atom is -0.274 e. The highest BCUT2D eigenvalue weighted by Crippen LogP contribution is 2.61. The lowest BCUT2D eigenvalue weighted by molar-refractivity contribution is -0.127. The Morgan fingerprint density at radius 1 is 1.19 bits per heavy atom. The van der Waals surface area contributed by atoms with Crippen molar-refractivity contribution >= 4 is 17.5 Å². The van der Waals surface area contributed by atoms with Crippen LogP contribution < -0.4 is 4.90 Å². The average Bonchev–Trinajstić information content (AvgIpc) is 3.06. The number of fused-ring (bicyclic) bond motifs is 5. The predicted octanol–water partition coefficient (Wildman–Crippen LogP) is 3.01. The predicted molar refractivity (Wildman–Crippen MR) is 80.7 cm³/mol. The van der Waals surface area contributed by atoms with Crippen LogP contribution in [0.5, 0.6) is 0 Å². The monoisotopic (exact) mass is 281 g/mol. The van der Waals surface area contributed by atoms with Crippen molar-refractivity contribution in [3.8, 4) is 0 Å². The zero-order valence-electron chi connectivity index (χ0n) is 12.6. The second kappa shape index (κ2) is 3.85. The molecule has 1 aliphatic heterocycles. The first kappa shape index (κ1) is 12.8. The van der Waals surface area contributed by atoms with Crippen LogP contribution in [0.4, 0.5) is 5.69 Å².